The van der Waals surface area contributed by atoms with E-state index in [0.29, 0.717) is 0 Å². The van der Waals surface area contributed by atoms with E-state index in [4.69, 9.17) is 20.9 Å². The number of nitrogens with two attached hydrogens (primary N) is 2. The third-order valence-electron chi connectivity index (χ3n) is 4.48. The largest absolute Gasteiger partial charge is 0.443 e. The maximum absolute atomic E-state index is 11.6. The first-order valence-corrected chi connectivity index (χ1v) is 8.29. The molecule has 0 aliphatic heterocycles. The summed E-state index contributed by atoms with van der Waals surface area (Å²) in [6, 6.07) is 0. The lowest BCUT2D eigenvalue weighted by atomic mass is 9.58. The van der Waals surface area contributed by atoms with Crippen LogP contribution in [0.3, 0.4) is 0 Å². The van der Waals surface area contributed by atoms with Gasteiger partial charge in [0.2, 0.25) is 0 Å². The number of carbonyl (C=O) groups excluding carboxylic acids is 2. The summed E-state index contributed by atoms with van der Waals surface area (Å²) in [6.45, 7) is 14.0. The number of hydrogen-bond acceptors (Lipinski definition) is 6. The fraction of sp³-hybridized carbons (Fsp3) is 0.882. The molecule has 148 valence electrons. The Hall–Kier alpha value is -1.54. The highest BCUT2D eigenvalue weighted by molar-refractivity contribution is 5.66. The van der Waals surface area contributed by atoms with Gasteiger partial charge in [0.15, 0.2) is 5.60 Å². The van der Waals surface area contributed by atoms with Crippen LogP contribution in [0.2, 0.25) is 0 Å². The molecule has 0 saturated carbocycles. The average Bonchev–Trinajstić information content (AvgIpc) is 2.37. The molecule has 3 unspecified atom stereocenters. The van der Waals surface area contributed by atoms with E-state index in [1.807, 2.05) is 0 Å². The Bertz CT molecular complexity index is 465. The molecule has 0 fully saturated rings. The van der Waals surface area contributed by atoms with Crippen LogP contribution in [0.25, 0.3) is 0 Å². The molecular weight excluding hydrogens is 328 g/mol. The summed E-state index contributed by atoms with van der Waals surface area (Å²) in [5.74, 6) is -0.344. The minimum Gasteiger partial charge on any atom is -0.443 e. The van der Waals surface area contributed by atoms with Crippen LogP contribution in [-0.2, 0) is 9.47 Å². The molecular formula is C17H34N2O6. The third-order valence-corrected chi connectivity index (χ3v) is 4.48. The van der Waals surface area contributed by atoms with E-state index in [-0.39, 0.29) is 5.92 Å². The van der Waals surface area contributed by atoms with Gasteiger partial charge in [-0.1, -0.05) is 55.4 Å². The highest BCUT2D eigenvalue weighted by Crippen LogP contribution is 2.50. The normalized spacial score (nSPS) is 16.9. The SMILES string of the molecule is CC(C)C(OC(N)=O)C(O)C(O)C(OC(N)=O)(C(C)(C)C)C(C)(C)C. The number of aliphatic hydroxyl groups is 2. The maximum Gasteiger partial charge on any atom is 0.405 e. The zero-order chi connectivity index (χ0) is 20.4. The zero-order valence-corrected chi connectivity index (χ0v) is 16.5. The van der Waals surface area contributed by atoms with Crippen LogP contribution in [-0.4, -0.2) is 46.3 Å². The molecule has 0 saturated heterocycles. The van der Waals surface area contributed by atoms with Crippen LogP contribution in [0.4, 0.5) is 9.59 Å². The monoisotopic (exact) mass is 362 g/mol. The Morgan fingerprint density at radius 2 is 1.28 bits per heavy atom. The Balaban J connectivity index is 6.26. The van der Waals surface area contributed by atoms with Gasteiger partial charge in [-0.15, -0.1) is 0 Å². The van der Waals surface area contributed by atoms with Gasteiger partial charge < -0.3 is 31.2 Å². The number of hydrogen-bond donors (Lipinski definition) is 4. The molecule has 2 amide bonds. The molecule has 0 bridgehead atoms. The summed E-state index contributed by atoms with van der Waals surface area (Å²) in [5.41, 5.74) is 7.15. The second-order valence-corrected chi connectivity index (χ2v) is 8.74. The molecule has 6 N–H and O–H groups in total. The molecule has 0 rings (SSSR count). The van der Waals surface area contributed by atoms with E-state index in [2.05, 4.69) is 0 Å². The fourth-order valence-electron chi connectivity index (χ4n) is 3.69. The van der Waals surface area contributed by atoms with E-state index in [1.165, 1.54) is 0 Å². The van der Waals surface area contributed by atoms with Crippen molar-refractivity contribution in [3.05, 3.63) is 0 Å². The topological polar surface area (TPSA) is 145 Å². The average molecular weight is 362 g/mol. The molecule has 8 nitrogen and oxygen atoms in total. The van der Waals surface area contributed by atoms with E-state index in [9.17, 15) is 19.8 Å². The highest BCUT2D eigenvalue weighted by atomic mass is 16.6. The summed E-state index contributed by atoms with van der Waals surface area (Å²) in [6.07, 6.45) is -6.38. The van der Waals surface area contributed by atoms with Gasteiger partial charge in [-0.25, -0.2) is 9.59 Å². The van der Waals surface area contributed by atoms with Gasteiger partial charge in [0, 0.05) is 10.8 Å². The second-order valence-electron chi connectivity index (χ2n) is 8.74. The first-order chi connectivity index (χ1) is 11.0. The first-order valence-electron chi connectivity index (χ1n) is 8.29. The Morgan fingerprint density at radius 3 is 1.52 bits per heavy atom. The van der Waals surface area contributed by atoms with Crippen LogP contribution in [0, 0.1) is 16.7 Å². The molecule has 0 aliphatic rings. The summed E-state index contributed by atoms with van der Waals surface area (Å²) < 4.78 is 10.4. The molecule has 3 atom stereocenters. The van der Waals surface area contributed by atoms with Gasteiger partial charge >= 0.3 is 12.2 Å². The molecule has 0 aromatic heterocycles. The lowest BCUT2D eigenvalue weighted by Gasteiger charge is -2.55. The smallest absolute Gasteiger partial charge is 0.405 e. The fourth-order valence-corrected chi connectivity index (χ4v) is 3.69. The molecule has 25 heavy (non-hydrogen) atoms. The predicted octanol–water partition coefficient (Wildman–Crippen LogP) is 1.75. The first kappa shape index (κ1) is 23.5. The van der Waals surface area contributed by atoms with Gasteiger partial charge in [-0.2, -0.15) is 0 Å². The Morgan fingerprint density at radius 1 is 0.880 bits per heavy atom. The number of rotatable bonds is 6. The van der Waals surface area contributed by atoms with Crippen molar-refractivity contribution in [3.8, 4) is 0 Å². The van der Waals surface area contributed by atoms with Crippen molar-refractivity contribution in [1.82, 2.24) is 0 Å². The minimum atomic E-state index is -1.59. The van der Waals surface area contributed by atoms with E-state index in [1.54, 1.807) is 55.4 Å². The summed E-state index contributed by atoms with van der Waals surface area (Å²) in [5, 5.41) is 21.8. The van der Waals surface area contributed by atoms with Crippen LogP contribution in [0.1, 0.15) is 55.4 Å². The van der Waals surface area contributed by atoms with Gasteiger partial charge in [0.1, 0.15) is 18.3 Å². The Kier molecular flexibility index (Phi) is 7.30. The third kappa shape index (κ3) is 4.98. The van der Waals surface area contributed by atoms with Crippen molar-refractivity contribution in [2.75, 3.05) is 0 Å². The maximum atomic E-state index is 11.6. The molecule has 0 aliphatic carbocycles. The molecule has 0 aromatic carbocycles. The standard InChI is InChI=1S/C17H34N2O6/c1-9(2)11(24-13(18)22)10(20)12(21)17(15(3,4)5,16(6,7)8)25-14(19)23/h9-12,20-21H,1-8H3,(H2,18,22)(H2,19,23). The zero-order valence-electron chi connectivity index (χ0n) is 16.5. The Labute approximate surface area is 149 Å². The predicted molar refractivity (Wildman–Crippen MR) is 93.6 cm³/mol. The van der Waals surface area contributed by atoms with E-state index in [0.717, 1.165) is 0 Å². The highest BCUT2D eigenvalue weighted by Gasteiger charge is 2.61. The number of primary amides is 2. The van der Waals surface area contributed by atoms with Crippen molar-refractivity contribution in [1.29, 1.82) is 0 Å². The van der Waals surface area contributed by atoms with Crippen molar-refractivity contribution < 1.29 is 29.3 Å². The van der Waals surface area contributed by atoms with Crippen molar-refractivity contribution in [2.24, 2.45) is 28.2 Å². The van der Waals surface area contributed by atoms with E-state index < -0.39 is 46.9 Å². The summed E-state index contributed by atoms with van der Waals surface area (Å²) in [4.78, 5) is 22.8. The minimum absolute atomic E-state index is 0.344. The van der Waals surface area contributed by atoms with Gasteiger partial charge in [-0.3, -0.25) is 0 Å². The molecule has 0 aromatic rings. The van der Waals surface area contributed by atoms with Crippen LogP contribution >= 0.6 is 0 Å². The second kappa shape index (κ2) is 7.78. The van der Waals surface area contributed by atoms with Crippen molar-refractivity contribution >= 4 is 12.2 Å². The van der Waals surface area contributed by atoms with Gasteiger partial charge in [-0.05, 0) is 5.92 Å². The van der Waals surface area contributed by atoms with Crippen LogP contribution in [0.15, 0.2) is 0 Å². The lowest BCUT2D eigenvalue weighted by molar-refractivity contribution is -0.237. The molecule has 0 spiro atoms. The van der Waals surface area contributed by atoms with Crippen molar-refractivity contribution in [3.63, 3.8) is 0 Å². The molecule has 0 radical (unpaired) electrons. The number of carbonyl (C=O) groups is 2. The molecule has 0 heterocycles. The van der Waals surface area contributed by atoms with Crippen LogP contribution < -0.4 is 11.5 Å². The summed E-state index contributed by atoms with van der Waals surface area (Å²) in [7, 11) is 0. The summed E-state index contributed by atoms with van der Waals surface area (Å²) >= 11 is 0. The van der Waals surface area contributed by atoms with E-state index >= 15 is 0 Å². The van der Waals surface area contributed by atoms with Gasteiger partial charge in [0.05, 0.1) is 0 Å². The number of ether oxygens (including phenoxy) is 2. The quantitative estimate of drug-likeness (QED) is 0.566. The number of amides is 2. The number of aliphatic hydroxyl groups excluding tert-OH is 2. The lowest BCUT2D eigenvalue weighted by Crippen LogP contribution is -2.68. The van der Waals surface area contributed by atoms with Crippen LogP contribution in [0.5, 0.6) is 0 Å². The van der Waals surface area contributed by atoms with Crippen molar-refractivity contribution in [2.45, 2.75) is 79.3 Å². The molecule has 8 heteroatoms. The van der Waals surface area contributed by atoms with Gasteiger partial charge in [0.25, 0.3) is 0 Å².